The van der Waals surface area contributed by atoms with E-state index in [1.807, 2.05) is 24.3 Å². The smallest absolute Gasteiger partial charge is 0.355 e. The minimum atomic E-state index is -1.06. The highest BCUT2D eigenvalue weighted by Gasteiger charge is 2.43. The van der Waals surface area contributed by atoms with Crippen LogP contribution in [-0.2, 0) is 11.3 Å². The first-order valence-electron chi connectivity index (χ1n) is 6.75. The summed E-state index contributed by atoms with van der Waals surface area (Å²) in [6.45, 7) is 0.259. The van der Waals surface area contributed by atoms with Gasteiger partial charge in [-0.2, -0.15) is 0 Å². The van der Waals surface area contributed by atoms with Crippen LogP contribution in [0.5, 0.6) is 0 Å². The first-order valence-corrected chi connectivity index (χ1v) is 8.01. The van der Waals surface area contributed by atoms with Gasteiger partial charge in [0.2, 0.25) is 5.91 Å². The van der Waals surface area contributed by atoms with E-state index >= 15 is 0 Å². The van der Waals surface area contributed by atoms with E-state index in [4.69, 9.17) is 16.7 Å². The number of halogens is 1. The molecule has 2 aromatic rings. The lowest BCUT2D eigenvalue weighted by atomic mass is 10.1. The molecule has 1 aliphatic carbocycles. The highest BCUT2D eigenvalue weighted by molar-refractivity contribution is 7.09. The van der Waals surface area contributed by atoms with Crippen LogP contribution < -0.4 is 5.32 Å². The van der Waals surface area contributed by atoms with Crippen molar-refractivity contribution >= 4 is 34.8 Å². The number of amides is 1. The number of hydrogen-bond donors (Lipinski definition) is 2. The lowest BCUT2D eigenvalue weighted by Crippen LogP contribution is -2.24. The molecule has 1 aromatic carbocycles. The molecular weight excluding hydrogens is 324 g/mol. The van der Waals surface area contributed by atoms with Crippen LogP contribution in [0.4, 0.5) is 0 Å². The lowest BCUT2D eigenvalue weighted by Gasteiger charge is -2.03. The maximum absolute atomic E-state index is 12.1. The number of aromatic nitrogens is 1. The zero-order chi connectivity index (χ0) is 15.7. The molecule has 1 heterocycles. The number of aromatic carboxylic acids is 1. The van der Waals surface area contributed by atoms with Gasteiger partial charge in [0.05, 0.1) is 6.54 Å². The Kier molecular flexibility index (Phi) is 4.13. The molecule has 0 bridgehead atoms. The second-order valence-electron chi connectivity index (χ2n) is 5.15. The van der Waals surface area contributed by atoms with Crippen molar-refractivity contribution in [3.05, 3.63) is 50.9 Å². The molecule has 3 rings (SSSR count). The van der Waals surface area contributed by atoms with Gasteiger partial charge in [-0.05, 0) is 30.0 Å². The van der Waals surface area contributed by atoms with Crippen LogP contribution in [0.3, 0.4) is 0 Å². The summed E-state index contributed by atoms with van der Waals surface area (Å²) in [5.41, 5.74) is 1.09. The maximum atomic E-state index is 12.1. The lowest BCUT2D eigenvalue weighted by molar-refractivity contribution is -0.122. The summed E-state index contributed by atoms with van der Waals surface area (Å²) < 4.78 is 0. The summed E-state index contributed by atoms with van der Waals surface area (Å²) in [6, 6.07) is 7.56. The van der Waals surface area contributed by atoms with Gasteiger partial charge in [0.25, 0.3) is 0 Å². The van der Waals surface area contributed by atoms with Crippen molar-refractivity contribution in [2.75, 3.05) is 0 Å². The molecule has 1 fully saturated rings. The number of nitrogens with zero attached hydrogens (tertiary/aromatic N) is 1. The molecule has 1 aromatic heterocycles. The molecule has 1 aliphatic rings. The summed E-state index contributed by atoms with van der Waals surface area (Å²) in [7, 11) is 0. The van der Waals surface area contributed by atoms with Gasteiger partial charge >= 0.3 is 5.97 Å². The fourth-order valence-corrected chi connectivity index (χ4v) is 3.28. The number of benzene rings is 1. The Labute approximate surface area is 136 Å². The fourth-order valence-electron chi connectivity index (χ4n) is 2.37. The molecule has 7 heteroatoms. The second kappa shape index (κ2) is 6.06. The Morgan fingerprint density at radius 1 is 1.45 bits per heavy atom. The molecule has 22 heavy (non-hydrogen) atoms. The average Bonchev–Trinajstić information content (AvgIpc) is 3.15. The molecule has 5 nitrogen and oxygen atoms in total. The monoisotopic (exact) mass is 336 g/mol. The third-order valence-electron chi connectivity index (χ3n) is 3.59. The summed E-state index contributed by atoms with van der Waals surface area (Å²) in [6.07, 6.45) is 0.810. The third kappa shape index (κ3) is 3.28. The zero-order valence-electron chi connectivity index (χ0n) is 11.5. The Bertz CT molecular complexity index is 731. The van der Waals surface area contributed by atoms with Gasteiger partial charge in [-0.1, -0.05) is 23.7 Å². The van der Waals surface area contributed by atoms with Crippen LogP contribution in [0.15, 0.2) is 29.6 Å². The van der Waals surface area contributed by atoms with Gasteiger partial charge in [0.1, 0.15) is 5.01 Å². The Balaban J connectivity index is 1.54. The predicted molar refractivity (Wildman–Crippen MR) is 83.2 cm³/mol. The average molecular weight is 337 g/mol. The zero-order valence-corrected chi connectivity index (χ0v) is 13.0. The van der Waals surface area contributed by atoms with Gasteiger partial charge < -0.3 is 10.4 Å². The molecule has 0 aliphatic heterocycles. The van der Waals surface area contributed by atoms with Crippen molar-refractivity contribution in [2.45, 2.75) is 18.9 Å². The molecule has 0 radical (unpaired) electrons. The van der Waals surface area contributed by atoms with Gasteiger partial charge in [0, 0.05) is 16.3 Å². The van der Waals surface area contributed by atoms with Crippen LogP contribution in [0, 0.1) is 5.92 Å². The van der Waals surface area contributed by atoms with E-state index in [2.05, 4.69) is 10.3 Å². The number of thiazole rings is 1. The minimum Gasteiger partial charge on any atom is -0.476 e. The summed E-state index contributed by atoms with van der Waals surface area (Å²) in [5.74, 6) is -0.920. The van der Waals surface area contributed by atoms with Crippen LogP contribution in [0.2, 0.25) is 5.02 Å². The quantitative estimate of drug-likeness (QED) is 0.879. The fraction of sp³-hybridized carbons (Fsp3) is 0.267. The van der Waals surface area contributed by atoms with Crippen molar-refractivity contribution in [3.8, 4) is 0 Å². The van der Waals surface area contributed by atoms with Gasteiger partial charge in [-0.25, -0.2) is 9.78 Å². The van der Waals surface area contributed by atoms with Gasteiger partial charge in [-0.3, -0.25) is 4.79 Å². The molecule has 2 atom stereocenters. The maximum Gasteiger partial charge on any atom is 0.355 e. The van der Waals surface area contributed by atoms with E-state index in [0.29, 0.717) is 10.0 Å². The first-order chi connectivity index (χ1) is 10.5. The molecule has 2 unspecified atom stereocenters. The Morgan fingerprint density at radius 2 is 2.27 bits per heavy atom. The van der Waals surface area contributed by atoms with Crippen LogP contribution >= 0.6 is 22.9 Å². The van der Waals surface area contributed by atoms with Gasteiger partial charge in [-0.15, -0.1) is 11.3 Å². The second-order valence-corrected chi connectivity index (χ2v) is 6.53. The van der Waals surface area contributed by atoms with Crippen molar-refractivity contribution in [1.29, 1.82) is 0 Å². The molecule has 1 amide bonds. The number of carboxylic acids is 1. The van der Waals surface area contributed by atoms with Crippen LogP contribution in [0.25, 0.3) is 0 Å². The topological polar surface area (TPSA) is 79.3 Å². The highest BCUT2D eigenvalue weighted by atomic mass is 35.5. The van der Waals surface area contributed by atoms with Crippen molar-refractivity contribution < 1.29 is 14.7 Å². The standard InChI is InChI=1S/C15H13ClN2O3S/c16-9-3-1-2-8(4-9)10-5-11(10)14(19)17-6-13-18-12(7-22-13)15(20)21/h1-4,7,10-11H,5-6H2,(H,17,19)(H,20,21). The van der Waals surface area contributed by atoms with E-state index in [1.165, 1.54) is 16.7 Å². The van der Waals surface area contributed by atoms with Crippen molar-refractivity contribution in [2.24, 2.45) is 5.92 Å². The molecular formula is C15H13ClN2O3S. The normalized spacial score (nSPS) is 19.7. The molecule has 1 saturated carbocycles. The molecule has 0 spiro atoms. The summed E-state index contributed by atoms with van der Waals surface area (Å²) in [5, 5.41) is 14.3. The first kappa shape index (κ1) is 15.0. The number of nitrogens with one attached hydrogen (secondary N) is 1. The number of carbonyl (C=O) groups excluding carboxylic acids is 1. The van der Waals surface area contributed by atoms with E-state index < -0.39 is 5.97 Å². The van der Waals surface area contributed by atoms with E-state index in [-0.39, 0.29) is 30.0 Å². The molecule has 2 N–H and O–H groups in total. The SMILES string of the molecule is O=C(O)c1csc(CNC(=O)C2CC2c2cccc(Cl)c2)n1. The Morgan fingerprint density at radius 3 is 2.95 bits per heavy atom. The largest absolute Gasteiger partial charge is 0.476 e. The minimum absolute atomic E-state index is 0.0116. The third-order valence-corrected chi connectivity index (χ3v) is 4.67. The number of rotatable bonds is 5. The molecule has 114 valence electrons. The van der Waals surface area contributed by atoms with Crippen molar-refractivity contribution in [1.82, 2.24) is 10.3 Å². The van der Waals surface area contributed by atoms with Gasteiger partial charge in [0.15, 0.2) is 5.69 Å². The van der Waals surface area contributed by atoms with Crippen LogP contribution in [-0.4, -0.2) is 22.0 Å². The van der Waals surface area contributed by atoms with Crippen molar-refractivity contribution in [3.63, 3.8) is 0 Å². The number of carbonyl (C=O) groups is 2. The van der Waals surface area contributed by atoms with E-state index in [0.717, 1.165) is 12.0 Å². The van der Waals surface area contributed by atoms with Crippen LogP contribution in [0.1, 0.15) is 33.4 Å². The number of carboxylic acid groups (broad SMARTS) is 1. The molecule has 0 saturated heterocycles. The van der Waals surface area contributed by atoms with E-state index in [1.54, 1.807) is 0 Å². The summed E-state index contributed by atoms with van der Waals surface area (Å²) >= 11 is 7.18. The Hall–Kier alpha value is -1.92. The van der Waals surface area contributed by atoms with E-state index in [9.17, 15) is 9.59 Å². The predicted octanol–water partition coefficient (Wildman–Crippen LogP) is 2.91. The highest BCUT2D eigenvalue weighted by Crippen LogP contribution is 2.47. The number of hydrogen-bond acceptors (Lipinski definition) is 4. The summed E-state index contributed by atoms with van der Waals surface area (Å²) in [4.78, 5) is 26.8.